The fourth-order valence-corrected chi connectivity index (χ4v) is 1.45. The molecule has 0 aliphatic rings. The van der Waals surface area contributed by atoms with Gasteiger partial charge in [-0.05, 0) is 25.5 Å². The lowest BCUT2D eigenvalue weighted by atomic mass is 10.1. The van der Waals surface area contributed by atoms with E-state index in [1.165, 1.54) is 5.56 Å². The molecule has 0 unspecified atom stereocenters. The van der Waals surface area contributed by atoms with E-state index in [-0.39, 0.29) is 0 Å². The van der Waals surface area contributed by atoms with E-state index in [0.29, 0.717) is 19.1 Å². The number of aryl methyl sites for hydroxylation is 2. The molecule has 0 amide bonds. The second-order valence-electron chi connectivity index (χ2n) is 3.81. The molecule has 0 aromatic heterocycles. The number of aliphatic imine (C=N–C) groups is 1. The number of ether oxygens (including phenoxy) is 1. The zero-order valence-corrected chi connectivity index (χ0v) is 10.6. The van der Waals surface area contributed by atoms with E-state index in [1.807, 2.05) is 19.1 Å². The van der Waals surface area contributed by atoms with Crippen LogP contribution in [0.25, 0.3) is 0 Å². The molecule has 0 spiro atoms. The number of benzene rings is 1. The van der Waals surface area contributed by atoms with E-state index in [0.717, 1.165) is 11.3 Å². The standard InChI is InChI=1S/C12H20N4O/c1-9-4-5-11(10(2)8-9)15-12(16-13)14-6-7-17-3/h4-5,8H,6-7,13H2,1-3H3,(H2,14,15,16). The number of hydrogen-bond donors (Lipinski definition) is 3. The number of nitrogens with two attached hydrogens (primary N) is 1. The van der Waals surface area contributed by atoms with E-state index in [4.69, 9.17) is 10.6 Å². The first-order valence-corrected chi connectivity index (χ1v) is 5.51. The summed E-state index contributed by atoms with van der Waals surface area (Å²) in [5, 5.41) is 3.14. The largest absolute Gasteiger partial charge is 0.383 e. The molecule has 4 N–H and O–H groups in total. The van der Waals surface area contributed by atoms with Crippen LogP contribution in [0.1, 0.15) is 11.1 Å². The van der Waals surface area contributed by atoms with Crippen LogP contribution >= 0.6 is 0 Å². The van der Waals surface area contributed by atoms with E-state index >= 15 is 0 Å². The highest BCUT2D eigenvalue weighted by Crippen LogP contribution is 2.15. The molecule has 5 nitrogen and oxygen atoms in total. The van der Waals surface area contributed by atoms with Crippen LogP contribution < -0.4 is 16.6 Å². The van der Waals surface area contributed by atoms with Crippen LogP contribution in [-0.2, 0) is 4.74 Å². The highest BCUT2D eigenvalue weighted by Gasteiger charge is 2.01. The first-order chi connectivity index (χ1) is 8.17. The van der Waals surface area contributed by atoms with Gasteiger partial charge in [0, 0.05) is 12.8 Å². The van der Waals surface area contributed by atoms with Gasteiger partial charge < -0.3 is 10.1 Å². The normalized spacial score (nSPS) is 11.4. The lowest BCUT2D eigenvalue weighted by Crippen LogP contribution is -2.36. The Balaban J connectivity index is 2.70. The summed E-state index contributed by atoms with van der Waals surface area (Å²) in [6.45, 7) is 5.23. The van der Waals surface area contributed by atoms with Gasteiger partial charge in [0.1, 0.15) is 0 Å². The predicted molar refractivity (Wildman–Crippen MR) is 71.0 cm³/mol. The topological polar surface area (TPSA) is 71.7 Å². The molecule has 0 atom stereocenters. The SMILES string of the molecule is COCCN=C(NN)Nc1ccc(C)cc1C. The molecule has 0 bridgehead atoms. The Morgan fingerprint density at radius 3 is 2.76 bits per heavy atom. The molecular formula is C12H20N4O. The molecule has 0 fully saturated rings. The molecule has 0 saturated carbocycles. The monoisotopic (exact) mass is 236 g/mol. The van der Waals surface area contributed by atoms with Crippen molar-refractivity contribution in [2.24, 2.45) is 10.8 Å². The first-order valence-electron chi connectivity index (χ1n) is 5.51. The van der Waals surface area contributed by atoms with Crippen molar-refractivity contribution >= 4 is 11.6 Å². The van der Waals surface area contributed by atoms with Crippen molar-refractivity contribution in [2.45, 2.75) is 13.8 Å². The molecule has 0 saturated heterocycles. The summed E-state index contributed by atoms with van der Waals surface area (Å²) < 4.78 is 4.92. The quantitative estimate of drug-likeness (QED) is 0.241. The number of nitrogens with zero attached hydrogens (tertiary/aromatic N) is 1. The Morgan fingerprint density at radius 1 is 1.41 bits per heavy atom. The number of methoxy groups -OCH3 is 1. The van der Waals surface area contributed by atoms with Gasteiger partial charge in [-0.15, -0.1) is 0 Å². The number of hydrogen-bond acceptors (Lipinski definition) is 3. The highest BCUT2D eigenvalue weighted by atomic mass is 16.5. The average Bonchev–Trinajstić information content (AvgIpc) is 2.31. The Labute approximate surface area is 102 Å². The van der Waals surface area contributed by atoms with Gasteiger partial charge in [0.25, 0.3) is 0 Å². The minimum Gasteiger partial charge on any atom is -0.383 e. The Bertz CT molecular complexity index is 390. The maximum absolute atomic E-state index is 5.40. The third-order valence-electron chi connectivity index (χ3n) is 2.34. The molecule has 94 valence electrons. The Morgan fingerprint density at radius 2 is 2.18 bits per heavy atom. The number of guanidine groups is 1. The van der Waals surface area contributed by atoms with Crippen molar-refractivity contribution in [3.63, 3.8) is 0 Å². The number of nitrogens with one attached hydrogen (secondary N) is 2. The van der Waals surface area contributed by atoms with E-state index < -0.39 is 0 Å². The first kappa shape index (κ1) is 13.5. The zero-order chi connectivity index (χ0) is 12.7. The van der Waals surface area contributed by atoms with Crippen molar-refractivity contribution in [3.8, 4) is 0 Å². The molecular weight excluding hydrogens is 216 g/mol. The maximum atomic E-state index is 5.40. The minimum atomic E-state index is 0.536. The third kappa shape index (κ3) is 4.42. The van der Waals surface area contributed by atoms with Crippen molar-refractivity contribution in [1.29, 1.82) is 0 Å². The zero-order valence-electron chi connectivity index (χ0n) is 10.6. The molecule has 0 aliphatic heterocycles. The number of anilines is 1. The third-order valence-corrected chi connectivity index (χ3v) is 2.34. The van der Waals surface area contributed by atoms with Gasteiger partial charge in [-0.2, -0.15) is 0 Å². The van der Waals surface area contributed by atoms with Crippen LogP contribution in [-0.4, -0.2) is 26.2 Å². The van der Waals surface area contributed by atoms with Gasteiger partial charge in [-0.1, -0.05) is 17.7 Å². The van der Waals surface area contributed by atoms with Crippen molar-refractivity contribution in [1.82, 2.24) is 5.43 Å². The molecule has 0 aliphatic carbocycles. The minimum absolute atomic E-state index is 0.536. The van der Waals surface area contributed by atoms with Crippen LogP contribution in [0, 0.1) is 13.8 Å². The van der Waals surface area contributed by atoms with Crippen molar-refractivity contribution in [3.05, 3.63) is 29.3 Å². The van der Waals surface area contributed by atoms with E-state index in [9.17, 15) is 0 Å². The fraction of sp³-hybridized carbons (Fsp3) is 0.417. The number of rotatable bonds is 4. The summed E-state index contributed by atoms with van der Waals surface area (Å²) in [7, 11) is 1.64. The van der Waals surface area contributed by atoms with Crippen LogP contribution in [0.15, 0.2) is 23.2 Å². The number of hydrazine groups is 1. The van der Waals surface area contributed by atoms with Gasteiger partial charge >= 0.3 is 0 Å². The van der Waals surface area contributed by atoms with Crippen LogP contribution in [0.5, 0.6) is 0 Å². The predicted octanol–water partition coefficient (Wildman–Crippen LogP) is 1.18. The smallest absolute Gasteiger partial charge is 0.210 e. The molecule has 1 rings (SSSR count). The van der Waals surface area contributed by atoms with Crippen LogP contribution in [0.3, 0.4) is 0 Å². The Kier molecular flexibility index (Phi) is 5.45. The van der Waals surface area contributed by atoms with Gasteiger partial charge in [0.2, 0.25) is 5.96 Å². The van der Waals surface area contributed by atoms with Crippen LogP contribution in [0.4, 0.5) is 5.69 Å². The molecule has 1 aromatic rings. The molecule has 17 heavy (non-hydrogen) atoms. The molecule has 0 radical (unpaired) electrons. The summed E-state index contributed by atoms with van der Waals surface area (Å²) in [5.74, 6) is 5.93. The second-order valence-corrected chi connectivity index (χ2v) is 3.81. The van der Waals surface area contributed by atoms with Crippen molar-refractivity contribution in [2.75, 3.05) is 25.6 Å². The average molecular weight is 236 g/mol. The van der Waals surface area contributed by atoms with E-state index in [2.05, 4.69) is 28.7 Å². The van der Waals surface area contributed by atoms with Crippen LogP contribution in [0.2, 0.25) is 0 Å². The van der Waals surface area contributed by atoms with E-state index in [1.54, 1.807) is 7.11 Å². The van der Waals surface area contributed by atoms with Gasteiger partial charge in [-0.25, -0.2) is 10.8 Å². The van der Waals surface area contributed by atoms with Gasteiger partial charge in [-0.3, -0.25) is 5.43 Å². The van der Waals surface area contributed by atoms with Gasteiger partial charge in [0.15, 0.2) is 0 Å². The highest BCUT2D eigenvalue weighted by molar-refractivity contribution is 5.93. The molecule has 0 heterocycles. The summed E-state index contributed by atoms with van der Waals surface area (Å²) in [5.41, 5.74) is 5.91. The summed E-state index contributed by atoms with van der Waals surface area (Å²) >= 11 is 0. The summed E-state index contributed by atoms with van der Waals surface area (Å²) in [4.78, 5) is 4.24. The molecule has 1 aromatic carbocycles. The lowest BCUT2D eigenvalue weighted by Gasteiger charge is -2.12. The second kappa shape index (κ2) is 6.88. The summed E-state index contributed by atoms with van der Waals surface area (Å²) in [6, 6.07) is 6.15. The van der Waals surface area contributed by atoms with Crippen molar-refractivity contribution < 1.29 is 4.74 Å². The van der Waals surface area contributed by atoms with Gasteiger partial charge in [0.05, 0.1) is 13.2 Å². The Hall–Kier alpha value is -1.59. The maximum Gasteiger partial charge on any atom is 0.210 e. The lowest BCUT2D eigenvalue weighted by molar-refractivity contribution is 0.208. The summed E-state index contributed by atoms with van der Waals surface area (Å²) in [6.07, 6.45) is 0. The molecule has 5 heteroatoms. The fourth-order valence-electron chi connectivity index (χ4n) is 1.45.